The van der Waals surface area contributed by atoms with E-state index in [1.165, 1.54) is 12.1 Å². The Kier molecular flexibility index (Phi) is 5.03. The maximum atomic E-state index is 12.1. The van der Waals surface area contributed by atoms with Crippen LogP contribution in [0.1, 0.15) is 17.2 Å². The molecular weight excluding hydrogens is 234 g/mol. The summed E-state index contributed by atoms with van der Waals surface area (Å²) >= 11 is 0. The van der Waals surface area contributed by atoms with Crippen LogP contribution in [0.5, 0.6) is 0 Å². The molecular formula is C9H10ClF4N. The summed E-state index contributed by atoms with van der Waals surface area (Å²) in [5.41, 5.74) is 4.90. The summed E-state index contributed by atoms with van der Waals surface area (Å²) in [5.74, 6) is 0. The van der Waals surface area contributed by atoms with Crippen LogP contribution in [0.15, 0.2) is 24.3 Å². The maximum absolute atomic E-state index is 12.1. The fourth-order valence-corrected chi connectivity index (χ4v) is 1.01. The first-order chi connectivity index (χ1) is 6.45. The lowest BCUT2D eigenvalue weighted by atomic mass is 10.1. The third kappa shape index (κ3) is 3.68. The molecule has 1 aromatic carbocycles. The molecule has 0 heterocycles. The van der Waals surface area contributed by atoms with Crippen molar-refractivity contribution in [1.29, 1.82) is 0 Å². The van der Waals surface area contributed by atoms with Gasteiger partial charge in [-0.3, -0.25) is 0 Å². The van der Waals surface area contributed by atoms with Crippen LogP contribution in [-0.2, 0) is 6.18 Å². The number of hydrogen-bond donors (Lipinski definition) is 1. The van der Waals surface area contributed by atoms with Gasteiger partial charge in [0.05, 0.1) is 11.6 Å². The van der Waals surface area contributed by atoms with Gasteiger partial charge in [0.25, 0.3) is 0 Å². The summed E-state index contributed by atoms with van der Waals surface area (Å²) in [7, 11) is 0. The molecule has 1 nitrogen and oxygen atoms in total. The normalized spacial score (nSPS) is 13.1. The highest BCUT2D eigenvalue weighted by molar-refractivity contribution is 5.85. The van der Waals surface area contributed by atoms with E-state index in [1.807, 2.05) is 0 Å². The zero-order chi connectivity index (χ0) is 10.8. The Morgan fingerprint density at radius 1 is 1.13 bits per heavy atom. The molecule has 0 saturated heterocycles. The van der Waals surface area contributed by atoms with Gasteiger partial charge in [-0.25, -0.2) is 4.39 Å². The predicted molar refractivity (Wildman–Crippen MR) is 51.6 cm³/mol. The van der Waals surface area contributed by atoms with Crippen molar-refractivity contribution in [1.82, 2.24) is 0 Å². The van der Waals surface area contributed by atoms with Crippen LogP contribution in [-0.4, -0.2) is 6.67 Å². The number of rotatable bonds is 2. The number of nitrogens with two attached hydrogens (primary N) is 1. The van der Waals surface area contributed by atoms with Crippen LogP contribution in [0.25, 0.3) is 0 Å². The smallest absolute Gasteiger partial charge is 0.322 e. The van der Waals surface area contributed by atoms with Crippen LogP contribution in [0.4, 0.5) is 17.6 Å². The summed E-state index contributed by atoms with van der Waals surface area (Å²) in [6.07, 6.45) is -4.36. The van der Waals surface area contributed by atoms with Crippen LogP contribution in [0.2, 0.25) is 0 Å². The summed E-state index contributed by atoms with van der Waals surface area (Å²) in [4.78, 5) is 0. The van der Waals surface area contributed by atoms with Crippen molar-refractivity contribution >= 4 is 12.4 Å². The van der Waals surface area contributed by atoms with E-state index in [1.54, 1.807) is 0 Å². The summed E-state index contributed by atoms with van der Waals surface area (Å²) in [5, 5.41) is 0. The molecule has 15 heavy (non-hydrogen) atoms. The quantitative estimate of drug-likeness (QED) is 0.794. The molecule has 0 saturated carbocycles. The number of hydrogen-bond acceptors (Lipinski definition) is 1. The first-order valence-corrected chi connectivity index (χ1v) is 3.94. The van der Waals surface area contributed by atoms with Crippen molar-refractivity contribution in [3.8, 4) is 0 Å². The highest BCUT2D eigenvalue weighted by Gasteiger charge is 2.30. The minimum atomic E-state index is -4.36. The fourth-order valence-electron chi connectivity index (χ4n) is 1.01. The lowest BCUT2D eigenvalue weighted by molar-refractivity contribution is -0.137. The first-order valence-electron chi connectivity index (χ1n) is 3.94. The van der Waals surface area contributed by atoms with E-state index in [-0.39, 0.29) is 12.4 Å². The predicted octanol–water partition coefficient (Wildman–Crippen LogP) is 3.10. The summed E-state index contributed by atoms with van der Waals surface area (Å²) in [6, 6.07) is 3.31. The maximum Gasteiger partial charge on any atom is 0.416 e. The second-order valence-electron chi connectivity index (χ2n) is 2.88. The van der Waals surface area contributed by atoms with Gasteiger partial charge in [-0.2, -0.15) is 13.2 Å². The van der Waals surface area contributed by atoms with E-state index in [2.05, 4.69) is 0 Å². The van der Waals surface area contributed by atoms with Gasteiger partial charge in [0.15, 0.2) is 0 Å². The van der Waals surface area contributed by atoms with Crippen molar-refractivity contribution in [3.63, 3.8) is 0 Å². The molecule has 1 atom stereocenters. The second-order valence-corrected chi connectivity index (χ2v) is 2.88. The van der Waals surface area contributed by atoms with Crippen molar-refractivity contribution in [3.05, 3.63) is 35.4 Å². The monoisotopic (exact) mass is 243 g/mol. The van der Waals surface area contributed by atoms with E-state index in [9.17, 15) is 17.6 Å². The summed E-state index contributed by atoms with van der Waals surface area (Å²) < 4.78 is 48.4. The molecule has 1 aromatic rings. The van der Waals surface area contributed by atoms with Crippen molar-refractivity contribution in [2.75, 3.05) is 6.67 Å². The van der Waals surface area contributed by atoms with Gasteiger partial charge in [0, 0.05) is 0 Å². The zero-order valence-corrected chi connectivity index (χ0v) is 8.41. The molecule has 0 fully saturated rings. The number of alkyl halides is 4. The van der Waals surface area contributed by atoms with Crippen LogP contribution >= 0.6 is 12.4 Å². The van der Waals surface area contributed by atoms with Gasteiger partial charge >= 0.3 is 6.18 Å². The van der Waals surface area contributed by atoms with E-state index in [0.29, 0.717) is 5.56 Å². The largest absolute Gasteiger partial charge is 0.416 e. The first kappa shape index (κ1) is 14.2. The van der Waals surface area contributed by atoms with Crippen LogP contribution < -0.4 is 5.73 Å². The van der Waals surface area contributed by atoms with E-state index < -0.39 is 24.5 Å². The van der Waals surface area contributed by atoms with Gasteiger partial charge in [-0.05, 0) is 17.7 Å². The third-order valence-corrected chi connectivity index (χ3v) is 1.83. The van der Waals surface area contributed by atoms with Gasteiger partial charge in [-0.15, -0.1) is 12.4 Å². The zero-order valence-electron chi connectivity index (χ0n) is 7.59. The van der Waals surface area contributed by atoms with Crippen molar-refractivity contribution < 1.29 is 17.6 Å². The summed E-state index contributed by atoms with van der Waals surface area (Å²) in [6.45, 7) is -0.786. The molecule has 86 valence electrons. The average molecular weight is 244 g/mol. The number of benzene rings is 1. The van der Waals surface area contributed by atoms with Crippen molar-refractivity contribution in [2.45, 2.75) is 12.2 Å². The Morgan fingerprint density at radius 3 is 1.93 bits per heavy atom. The van der Waals surface area contributed by atoms with Crippen LogP contribution in [0.3, 0.4) is 0 Å². The molecule has 0 aliphatic carbocycles. The third-order valence-electron chi connectivity index (χ3n) is 1.83. The Hall–Kier alpha value is -0.810. The Morgan fingerprint density at radius 2 is 1.60 bits per heavy atom. The molecule has 1 rings (SSSR count). The highest BCUT2D eigenvalue weighted by Crippen LogP contribution is 2.29. The second kappa shape index (κ2) is 5.32. The topological polar surface area (TPSA) is 26.0 Å². The Bertz CT molecular complexity index is 296. The van der Waals surface area contributed by atoms with E-state index in [0.717, 1.165) is 12.1 Å². The molecule has 0 unspecified atom stereocenters. The Balaban J connectivity index is 0.00000196. The molecule has 0 aromatic heterocycles. The minimum absolute atomic E-state index is 0. The molecule has 0 amide bonds. The SMILES string of the molecule is Cl.N[C@@H](CF)c1ccc(C(F)(F)F)cc1. The minimum Gasteiger partial charge on any atom is -0.322 e. The molecule has 0 aliphatic heterocycles. The van der Waals surface area contributed by atoms with Crippen molar-refractivity contribution in [2.24, 2.45) is 5.73 Å². The molecule has 0 aliphatic rings. The molecule has 0 spiro atoms. The standard InChI is InChI=1S/C9H9F4N.ClH/c10-5-8(14)6-1-3-7(4-2-6)9(11,12)13;/h1-4,8H,5,14H2;1H/t8-;/m0./s1. The molecule has 0 radical (unpaired) electrons. The van der Waals surface area contributed by atoms with Gasteiger partial charge < -0.3 is 5.73 Å². The lowest BCUT2D eigenvalue weighted by Gasteiger charge is -2.10. The molecule has 2 N–H and O–H groups in total. The lowest BCUT2D eigenvalue weighted by Crippen LogP contribution is -2.12. The fraction of sp³-hybridized carbons (Fsp3) is 0.333. The van der Waals surface area contributed by atoms with E-state index >= 15 is 0 Å². The van der Waals surface area contributed by atoms with Gasteiger partial charge in [0.1, 0.15) is 6.67 Å². The van der Waals surface area contributed by atoms with Gasteiger partial charge in [-0.1, -0.05) is 12.1 Å². The molecule has 0 bridgehead atoms. The number of halogens is 5. The average Bonchev–Trinajstić information content (AvgIpc) is 2.15. The van der Waals surface area contributed by atoms with Crippen LogP contribution in [0, 0.1) is 0 Å². The highest BCUT2D eigenvalue weighted by atomic mass is 35.5. The van der Waals surface area contributed by atoms with E-state index in [4.69, 9.17) is 5.73 Å². The molecule has 6 heteroatoms. The van der Waals surface area contributed by atoms with Gasteiger partial charge in [0.2, 0.25) is 0 Å². The Labute approximate surface area is 90.7 Å².